The molecule has 0 atom stereocenters. The van der Waals surface area contributed by atoms with Gasteiger partial charge in [-0.15, -0.1) is 0 Å². The van der Waals surface area contributed by atoms with Crippen molar-refractivity contribution in [2.45, 2.75) is 33.1 Å². The van der Waals surface area contributed by atoms with Gasteiger partial charge in [-0.3, -0.25) is 9.69 Å². The summed E-state index contributed by atoms with van der Waals surface area (Å²) in [4.78, 5) is 16.6. The zero-order valence-corrected chi connectivity index (χ0v) is 13.2. The summed E-state index contributed by atoms with van der Waals surface area (Å²) in [6, 6.07) is 0. The molecule has 1 saturated heterocycles. The molecule has 0 saturated carbocycles. The Kier molecular flexibility index (Phi) is 8.82. The molecular formula is C15H32N4O. The highest BCUT2D eigenvalue weighted by Crippen LogP contribution is 2.04. The van der Waals surface area contributed by atoms with Crippen LogP contribution in [0.2, 0.25) is 0 Å². The molecule has 0 aliphatic carbocycles. The summed E-state index contributed by atoms with van der Waals surface area (Å²) in [7, 11) is 0. The largest absolute Gasteiger partial charge is 0.355 e. The van der Waals surface area contributed by atoms with Crippen LogP contribution in [0.4, 0.5) is 0 Å². The fourth-order valence-electron chi connectivity index (χ4n) is 2.46. The summed E-state index contributed by atoms with van der Waals surface area (Å²) < 4.78 is 0. The Morgan fingerprint density at radius 1 is 1.15 bits per heavy atom. The van der Waals surface area contributed by atoms with Crippen molar-refractivity contribution in [1.82, 2.24) is 15.1 Å². The van der Waals surface area contributed by atoms with Gasteiger partial charge >= 0.3 is 0 Å². The maximum atomic E-state index is 11.8. The van der Waals surface area contributed by atoms with Gasteiger partial charge in [0.1, 0.15) is 0 Å². The van der Waals surface area contributed by atoms with Gasteiger partial charge in [-0.2, -0.15) is 0 Å². The maximum absolute atomic E-state index is 11.8. The highest BCUT2D eigenvalue weighted by atomic mass is 16.2. The second kappa shape index (κ2) is 10.1. The average Bonchev–Trinajstić information content (AvgIpc) is 2.62. The van der Waals surface area contributed by atoms with Gasteiger partial charge in [-0.1, -0.05) is 13.8 Å². The smallest absolute Gasteiger partial charge is 0.234 e. The minimum atomic E-state index is 0.162. The number of amides is 1. The number of unbranched alkanes of at least 4 members (excludes halogenated alkanes) is 1. The van der Waals surface area contributed by atoms with Gasteiger partial charge in [0.15, 0.2) is 0 Å². The summed E-state index contributed by atoms with van der Waals surface area (Å²) in [6.07, 6.45) is 3.45. The van der Waals surface area contributed by atoms with Crippen LogP contribution in [0.15, 0.2) is 0 Å². The lowest BCUT2D eigenvalue weighted by Crippen LogP contribution is -2.40. The lowest BCUT2D eigenvalue weighted by Gasteiger charge is -2.21. The molecule has 0 radical (unpaired) electrons. The van der Waals surface area contributed by atoms with E-state index in [0.717, 1.165) is 58.7 Å². The Morgan fingerprint density at radius 3 is 2.55 bits per heavy atom. The van der Waals surface area contributed by atoms with Gasteiger partial charge in [-0.25, -0.2) is 0 Å². The Labute approximate surface area is 123 Å². The van der Waals surface area contributed by atoms with Crippen LogP contribution in [0.25, 0.3) is 0 Å². The van der Waals surface area contributed by atoms with Gasteiger partial charge in [-0.05, 0) is 51.4 Å². The Hall–Kier alpha value is -0.650. The van der Waals surface area contributed by atoms with E-state index in [-0.39, 0.29) is 5.91 Å². The van der Waals surface area contributed by atoms with E-state index in [0.29, 0.717) is 12.5 Å². The van der Waals surface area contributed by atoms with Crippen molar-refractivity contribution in [1.29, 1.82) is 0 Å². The van der Waals surface area contributed by atoms with Crippen molar-refractivity contribution in [2.24, 2.45) is 11.7 Å². The van der Waals surface area contributed by atoms with Gasteiger partial charge in [0.05, 0.1) is 6.54 Å². The van der Waals surface area contributed by atoms with Gasteiger partial charge in [0.2, 0.25) is 5.91 Å². The van der Waals surface area contributed by atoms with E-state index in [1.54, 1.807) is 0 Å². The molecule has 5 heteroatoms. The van der Waals surface area contributed by atoms with Crippen molar-refractivity contribution >= 4 is 5.91 Å². The van der Waals surface area contributed by atoms with Crippen LogP contribution < -0.4 is 11.1 Å². The number of hydrogen-bond donors (Lipinski definition) is 2. The molecule has 0 aromatic heterocycles. The standard InChI is InChI=1S/C15H32N4O/c1-14(2)12-17-15(20)13-19-9-5-8-18(10-11-19)7-4-3-6-16/h14H,3-13,16H2,1-2H3,(H,17,20). The molecule has 0 spiro atoms. The highest BCUT2D eigenvalue weighted by Gasteiger charge is 2.16. The van der Waals surface area contributed by atoms with Crippen LogP contribution in [0.5, 0.6) is 0 Å². The number of nitrogens with zero attached hydrogens (tertiary/aromatic N) is 2. The molecule has 3 N–H and O–H groups in total. The number of hydrogen-bond acceptors (Lipinski definition) is 4. The molecule has 1 amide bonds. The quantitative estimate of drug-likeness (QED) is 0.637. The van der Waals surface area contributed by atoms with E-state index in [2.05, 4.69) is 29.0 Å². The first-order valence-electron chi connectivity index (χ1n) is 8.03. The van der Waals surface area contributed by atoms with Crippen molar-refractivity contribution in [2.75, 3.05) is 52.4 Å². The number of nitrogens with two attached hydrogens (primary N) is 1. The zero-order valence-electron chi connectivity index (χ0n) is 13.2. The van der Waals surface area contributed by atoms with Crippen molar-refractivity contribution in [3.63, 3.8) is 0 Å². The molecule has 1 aliphatic rings. The zero-order chi connectivity index (χ0) is 14.8. The van der Waals surface area contributed by atoms with Crippen molar-refractivity contribution < 1.29 is 4.79 Å². The van der Waals surface area contributed by atoms with Gasteiger partial charge in [0.25, 0.3) is 0 Å². The van der Waals surface area contributed by atoms with Crippen LogP contribution in [-0.2, 0) is 4.79 Å². The molecule has 20 heavy (non-hydrogen) atoms. The Balaban J connectivity index is 2.20. The first-order valence-corrected chi connectivity index (χ1v) is 8.03. The first-order chi connectivity index (χ1) is 9.61. The van der Waals surface area contributed by atoms with E-state index in [9.17, 15) is 4.79 Å². The summed E-state index contributed by atoms with van der Waals surface area (Å²) in [6.45, 7) is 11.7. The summed E-state index contributed by atoms with van der Waals surface area (Å²) in [5, 5.41) is 2.99. The molecule has 5 nitrogen and oxygen atoms in total. The fraction of sp³-hybridized carbons (Fsp3) is 0.933. The van der Waals surface area contributed by atoms with Crippen LogP contribution in [-0.4, -0.2) is 68.1 Å². The van der Waals surface area contributed by atoms with Gasteiger partial charge in [0, 0.05) is 19.6 Å². The lowest BCUT2D eigenvalue weighted by atomic mass is 10.2. The Morgan fingerprint density at radius 2 is 1.85 bits per heavy atom. The molecule has 1 heterocycles. The number of carbonyl (C=O) groups is 1. The van der Waals surface area contributed by atoms with E-state index in [4.69, 9.17) is 5.73 Å². The fourth-order valence-corrected chi connectivity index (χ4v) is 2.46. The van der Waals surface area contributed by atoms with E-state index in [1.165, 1.54) is 6.42 Å². The lowest BCUT2D eigenvalue weighted by molar-refractivity contribution is -0.122. The normalized spacial score (nSPS) is 18.2. The third kappa shape index (κ3) is 7.82. The Bertz CT molecular complexity index is 271. The van der Waals surface area contributed by atoms with E-state index in [1.807, 2.05) is 0 Å². The predicted molar refractivity (Wildman–Crippen MR) is 83.6 cm³/mol. The predicted octanol–water partition coefficient (Wildman–Crippen LogP) is 0.505. The molecule has 0 aromatic carbocycles. The van der Waals surface area contributed by atoms with Gasteiger partial charge < -0.3 is 16.0 Å². The average molecular weight is 284 g/mol. The van der Waals surface area contributed by atoms with Crippen LogP contribution in [0.1, 0.15) is 33.1 Å². The van der Waals surface area contributed by atoms with E-state index < -0.39 is 0 Å². The third-order valence-corrected chi connectivity index (χ3v) is 3.68. The highest BCUT2D eigenvalue weighted by molar-refractivity contribution is 5.77. The molecular weight excluding hydrogens is 252 g/mol. The molecule has 118 valence electrons. The molecule has 1 aliphatic heterocycles. The number of carbonyl (C=O) groups excluding carboxylic acids is 1. The van der Waals surface area contributed by atoms with E-state index >= 15 is 0 Å². The molecule has 0 aromatic rings. The monoisotopic (exact) mass is 284 g/mol. The van der Waals surface area contributed by atoms with Crippen molar-refractivity contribution in [3.05, 3.63) is 0 Å². The van der Waals surface area contributed by atoms with Crippen LogP contribution in [0, 0.1) is 5.92 Å². The summed E-state index contributed by atoms with van der Waals surface area (Å²) in [5.74, 6) is 0.677. The number of nitrogens with one attached hydrogen (secondary N) is 1. The summed E-state index contributed by atoms with van der Waals surface area (Å²) in [5.41, 5.74) is 5.53. The minimum absolute atomic E-state index is 0.162. The number of rotatable bonds is 8. The second-order valence-electron chi connectivity index (χ2n) is 6.17. The van der Waals surface area contributed by atoms with Crippen LogP contribution in [0.3, 0.4) is 0 Å². The summed E-state index contributed by atoms with van der Waals surface area (Å²) >= 11 is 0. The molecule has 0 unspecified atom stereocenters. The molecule has 0 bridgehead atoms. The topological polar surface area (TPSA) is 61.6 Å². The van der Waals surface area contributed by atoms with Crippen molar-refractivity contribution in [3.8, 4) is 0 Å². The first kappa shape index (κ1) is 17.4. The second-order valence-corrected chi connectivity index (χ2v) is 6.17. The SMILES string of the molecule is CC(C)CNC(=O)CN1CCCN(CCCCN)CC1. The molecule has 1 fully saturated rings. The third-order valence-electron chi connectivity index (χ3n) is 3.68. The molecule has 1 rings (SSSR count). The minimum Gasteiger partial charge on any atom is -0.355 e. The van der Waals surface area contributed by atoms with Crippen LogP contribution >= 0.6 is 0 Å². The maximum Gasteiger partial charge on any atom is 0.234 e.